The Morgan fingerprint density at radius 1 is 1.21 bits per heavy atom. The second-order valence-corrected chi connectivity index (χ2v) is 7.62. The van der Waals surface area contributed by atoms with Crippen molar-refractivity contribution >= 4 is 5.96 Å². The molecule has 0 aromatic heterocycles. The minimum atomic E-state index is 0.173. The SMILES string of the molecule is CCNC(=NCc1ccccc1)NCC1CCCOC1C(C)(C)C. The highest BCUT2D eigenvalue weighted by Gasteiger charge is 2.35. The van der Waals surface area contributed by atoms with Gasteiger partial charge < -0.3 is 15.4 Å². The number of ether oxygens (including phenoxy) is 1. The highest BCUT2D eigenvalue weighted by molar-refractivity contribution is 5.79. The number of guanidine groups is 1. The maximum Gasteiger partial charge on any atom is 0.191 e. The molecule has 0 saturated carbocycles. The largest absolute Gasteiger partial charge is 0.377 e. The standard InChI is InChI=1S/C20H33N3O/c1-5-21-19(22-14-16-10-7-6-8-11-16)23-15-17-12-9-13-24-18(17)20(2,3)4/h6-8,10-11,17-18H,5,9,12-15H2,1-4H3,(H2,21,22,23). The van der Waals surface area contributed by atoms with Crippen molar-refractivity contribution in [3.63, 3.8) is 0 Å². The van der Waals surface area contributed by atoms with Crippen LogP contribution in [0.5, 0.6) is 0 Å². The molecule has 1 aliphatic rings. The number of rotatable bonds is 5. The highest BCUT2D eigenvalue weighted by Crippen LogP contribution is 2.33. The molecule has 0 amide bonds. The van der Waals surface area contributed by atoms with Gasteiger partial charge in [-0.3, -0.25) is 0 Å². The van der Waals surface area contributed by atoms with Crippen molar-refractivity contribution < 1.29 is 4.74 Å². The van der Waals surface area contributed by atoms with E-state index >= 15 is 0 Å². The van der Waals surface area contributed by atoms with Crippen LogP contribution < -0.4 is 10.6 Å². The van der Waals surface area contributed by atoms with Gasteiger partial charge >= 0.3 is 0 Å². The predicted molar refractivity (Wildman–Crippen MR) is 101 cm³/mol. The van der Waals surface area contributed by atoms with Crippen LogP contribution >= 0.6 is 0 Å². The van der Waals surface area contributed by atoms with Gasteiger partial charge in [0.2, 0.25) is 0 Å². The fourth-order valence-corrected chi connectivity index (χ4v) is 3.33. The maximum absolute atomic E-state index is 6.08. The number of hydrogen-bond acceptors (Lipinski definition) is 2. The first kappa shape index (κ1) is 18.8. The first-order valence-corrected chi connectivity index (χ1v) is 9.18. The summed E-state index contributed by atoms with van der Waals surface area (Å²) in [4.78, 5) is 4.71. The molecule has 134 valence electrons. The molecular formula is C20H33N3O. The molecule has 1 heterocycles. The third-order valence-corrected chi connectivity index (χ3v) is 4.44. The molecule has 2 N–H and O–H groups in total. The molecule has 0 radical (unpaired) electrons. The van der Waals surface area contributed by atoms with Gasteiger partial charge in [0.25, 0.3) is 0 Å². The number of aliphatic imine (C=N–C) groups is 1. The van der Waals surface area contributed by atoms with E-state index in [0.717, 1.165) is 32.1 Å². The summed E-state index contributed by atoms with van der Waals surface area (Å²) in [6.07, 6.45) is 2.67. The fourth-order valence-electron chi connectivity index (χ4n) is 3.33. The summed E-state index contributed by atoms with van der Waals surface area (Å²) in [6.45, 7) is 12.3. The van der Waals surface area contributed by atoms with Gasteiger partial charge in [0.1, 0.15) is 0 Å². The van der Waals surface area contributed by atoms with E-state index in [1.807, 2.05) is 6.07 Å². The van der Waals surface area contributed by atoms with Crippen molar-refractivity contribution in [2.24, 2.45) is 16.3 Å². The summed E-state index contributed by atoms with van der Waals surface area (Å²) in [7, 11) is 0. The Hall–Kier alpha value is -1.55. The Bertz CT molecular complexity index is 507. The lowest BCUT2D eigenvalue weighted by atomic mass is 9.78. The fraction of sp³-hybridized carbons (Fsp3) is 0.650. The average Bonchev–Trinajstić information content (AvgIpc) is 2.58. The Balaban J connectivity index is 1.94. The zero-order valence-corrected chi connectivity index (χ0v) is 15.6. The van der Waals surface area contributed by atoms with Gasteiger partial charge in [-0.1, -0.05) is 51.1 Å². The van der Waals surface area contributed by atoms with Gasteiger partial charge in [0.05, 0.1) is 12.6 Å². The third-order valence-electron chi connectivity index (χ3n) is 4.44. The van der Waals surface area contributed by atoms with Gasteiger partial charge in [0, 0.05) is 25.6 Å². The maximum atomic E-state index is 6.08. The second kappa shape index (κ2) is 9.07. The minimum absolute atomic E-state index is 0.173. The van der Waals surface area contributed by atoms with Crippen LogP contribution in [0.3, 0.4) is 0 Å². The lowest BCUT2D eigenvalue weighted by Crippen LogP contribution is -2.47. The summed E-state index contributed by atoms with van der Waals surface area (Å²) in [5, 5.41) is 6.87. The lowest BCUT2D eigenvalue weighted by molar-refractivity contribution is -0.0835. The van der Waals surface area contributed by atoms with E-state index in [2.05, 4.69) is 62.6 Å². The first-order valence-electron chi connectivity index (χ1n) is 9.18. The van der Waals surface area contributed by atoms with Crippen LogP contribution in [0.4, 0.5) is 0 Å². The smallest absolute Gasteiger partial charge is 0.191 e. The van der Waals surface area contributed by atoms with E-state index in [9.17, 15) is 0 Å². The first-order chi connectivity index (χ1) is 11.5. The third kappa shape index (κ3) is 5.82. The van der Waals surface area contributed by atoms with Crippen molar-refractivity contribution in [3.05, 3.63) is 35.9 Å². The van der Waals surface area contributed by atoms with Crippen LogP contribution in [0.15, 0.2) is 35.3 Å². The summed E-state index contributed by atoms with van der Waals surface area (Å²) in [5.74, 6) is 1.42. The Morgan fingerprint density at radius 2 is 1.96 bits per heavy atom. The average molecular weight is 332 g/mol. The summed E-state index contributed by atoms with van der Waals surface area (Å²) >= 11 is 0. The van der Waals surface area contributed by atoms with Crippen LogP contribution in [-0.2, 0) is 11.3 Å². The minimum Gasteiger partial charge on any atom is -0.377 e. The van der Waals surface area contributed by atoms with Gasteiger partial charge in [-0.2, -0.15) is 0 Å². The van der Waals surface area contributed by atoms with Crippen molar-refractivity contribution in [2.45, 2.75) is 53.2 Å². The quantitative estimate of drug-likeness (QED) is 0.640. The van der Waals surface area contributed by atoms with Crippen LogP contribution in [0.25, 0.3) is 0 Å². The molecular weight excluding hydrogens is 298 g/mol. The topological polar surface area (TPSA) is 45.7 Å². The lowest BCUT2D eigenvalue weighted by Gasteiger charge is -2.40. The molecule has 2 unspecified atom stereocenters. The Kier molecular flexibility index (Phi) is 7.10. The molecule has 1 saturated heterocycles. The molecule has 1 aromatic carbocycles. The monoisotopic (exact) mass is 331 g/mol. The molecule has 0 bridgehead atoms. The predicted octanol–water partition coefficient (Wildman–Crippen LogP) is 3.58. The van der Waals surface area contributed by atoms with Crippen LogP contribution in [0.1, 0.15) is 46.1 Å². The summed E-state index contributed by atoms with van der Waals surface area (Å²) in [6, 6.07) is 10.4. The van der Waals surface area contributed by atoms with Crippen LogP contribution in [0.2, 0.25) is 0 Å². The summed E-state index contributed by atoms with van der Waals surface area (Å²) < 4.78 is 6.08. The Labute approximate surface area is 147 Å². The number of nitrogens with one attached hydrogen (secondary N) is 2. The van der Waals surface area contributed by atoms with E-state index in [1.54, 1.807) is 0 Å². The second-order valence-electron chi connectivity index (χ2n) is 7.62. The normalized spacial score (nSPS) is 22.2. The van der Waals surface area contributed by atoms with Gasteiger partial charge in [0.15, 0.2) is 5.96 Å². The molecule has 1 aromatic rings. The zero-order chi connectivity index (χ0) is 17.4. The van der Waals surface area contributed by atoms with Crippen molar-refractivity contribution in [1.82, 2.24) is 10.6 Å². The van der Waals surface area contributed by atoms with E-state index in [4.69, 9.17) is 9.73 Å². The van der Waals surface area contributed by atoms with E-state index in [-0.39, 0.29) is 5.41 Å². The molecule has 4 nitrogen and oxygen atoms in total. The van der Waals surface area contributed by atoms with E-state index in [1.165, 1.54) is 12.0 Å². The molecule has 0 aliphatic carbocycles. The van der Waals surface area contributed by atoms with Crippen molar-refractivity contribution in [2.75, 3.05) is 19.7 Å². The summed E-state index contributed by atoms with van der Waals surface area (Å²) in [5.41, 5.74) is 1.40. The van der Waals surface area contributed by atoms with Gasteiger partial charge in [-0.15, -0.1) is 0 Å². The van der Waals surface area contributed by atoms with Crippen LogP contribution in [0, 0.1) is 11.3 Å². The van der Waals surface area contributed by atoms with E-state index in [0.29, 0.717) is 18.6 Å². The van der Waals surface area contributed by atoms with Gasteiger partial charge in [-0.25, -0.2) is 4.99 Å². The number of hydrogen-bond donors (Lipinski definition) is 2. The van der Waals surface area contributed by atoms with Crippen molar-refractivity contribution in [1.29, 1.82) is 0 Å². The van der Waals surface area contributed by atoms with Gasteiger partial charge in [-0.05, 0) is 30.7 Å². The number of benzene rings is 1. The van der Waals surface area contributed by atoms with E-state index < -0.39 is 0 Å². The zero-order valence-electron chi connectivity index (χ0n) is 15.6. The molecule has 4 heteroatoms. The molecule has 24 heavy (non-hydrogen) atoms. The van der Waals surface area contributed by atoms with Crippen LogP contribution in [-0.4, -0.2) is 31.8 Å². The molecule has 1 aliphatic heterocycles. The molecule has 2 atom stereocenters. The molecule has 1 fully saturated rings. The molecule has 0 spiro atoms. The van der Waals surface area contributed by atoms with Crippen molar-refractivity contribution in [3.8, 4) is 0 Å². The molecule has 2 rings (SSSR count). The highest BCUT2D eigenvalue weighted by atomic mass is 16.5. The number of nitrogens with zero attached hydrogens (tertiary/aromatic N) is 1. The Morgan fingerprint density at radius 3 is 2.62 bits per heavy atom.